The van der Waals surface area contributed by atoms with Crippen LogP contribution in [0.4, 0.5) is 0 Å². The zero-order chi connectivity index (χ0) is 11.5. The molecular weight excluding hydrogens is 267 g/mol. The third kappa shape index (κ3) is 2.64. The molecule has 2 nitrogen and oxygen atoms in total. The Labute approximate surface area is 104 Å². The zero-order valence-electron chi connectivity index (χ0n) is 8.73. The maximum atomic E-state index is 9.17. The van der Waals surface area contributed by atoms with E-state index in [1.807, 2.05) is 18.2 Å². The molecule has 0 aromatic heterocycles. The fraction of sp³-hybridized carbons (Fsp3) is 0.167. The van der Waals surface area contributed by atoms with Gasteiger partial charge in [-0.2, -0.15) is 0 Å². The van der Waals surface area contributed by atoms with E-state index in [1.54, 1.807) is 6.07 Å². The molecule has 1 aliphatic rings. The molecule has 0 heterocycles. The van der Waals surface area contributed by atoms with E-state index in [9.17, 15) is 10.0 Å². The highest BCUT2D eigenvalue weighted by Gasteiger charge is 2.14. The lowest BCUT2D eigenvalue weighted by molar-refractivity contribution is 0.425. The number of hydrogen-bond acceptors (Lipinski definition) is 2. The van der Waals surface area contributed by atoms with Crippen molar-refractivity contribution in [1.29, 1.82) is 0 Å². The molecule has 4 heteroatoms. The minimum Gasteiger partial charge on any atom is -0.423 e. The fourth-order valence-corrected chi connectivity index (χ4v) is 2.30. The molecule has 2 N–H and O–H groups in total. The van der Waals surface area contributed by atoms with Gasteiger partial charge in [-0.05, 0) is 41.6 Å². The summed E-state index contributed by atoms with van der Waals surface area (Å²) < 4.78 is 0.864. The third-order valence-electron chi connectivity index (χ3n) is 2.60. The van der Waals surface area contributed by atoms with Crippen molar-refractivity contribution in [2.45, 2.75) is 12.8 Å². The maximum Gasteiger partial charge on any atom is 0.488 e. The van der Waals surface area contributed by atoms with Crippen molar-refractivity contribution >= 4 is 34.1 Å². The Kier molecular flexibility index (Phi) is 3.64. The van der Waals surface area contributed by atoms with Gasteiger partial charge in [0.25, 0.3) is 0 Å². The molecule has 0 amide bonds. The third-order valence-corrected chi connectivity index (χ3v) is 3.06. The van der Waals surface area contributed by atoms with Crippen LogP contribution in [-0.4, -0.2) is 17.2 Å². The van der Waals surface area contributed by atoms with E-state index in [2.05, 4.69) is 28.1 Å². The average molecular weight is 279 g/mol. The van der Waals surface area contributed by atoms with Gasteiger partial charge in [-0.1, -0.05) is 40.2 Å². The molecule has 0 aliphatic heterocycles. The highest BCUT2D eigenvalue weighted by Crippen LogP contribution is 2.25. The Balaban J connectivity index is 2.40. The molecule has 0 fully saturated rings. The first kappa shape index (κ1) is 11.6. The van der Waals surface area contributed by atoms with E-state index in [-0.39, 0.29) is 0 Å². The van der Waals surface area contributed by atoms with E-state index >= 15 is 0 Å². The molecule has 0 radical (unpaired) electrons. The second-order valence-corrected chi connectivity index (χ2v) is 4.72. The van der Waals surface area contributed by atoms with Gasteiger partial charge in [-0.25, -0.2) is 0 Å². The summed E-state index contributed by atoms with van der Waals surface area (Å²) >= 11 is 3.38. The quantitative estimate of drug-likeness (QED) is 0.811. The Morgan fingerprint density at radius 2 is 2.00 bits per heavy atom. The molecule has 0 saturated heterocycles. The highest BCUT2D eigenvalue weighted by atomic mass is 79.9. The van der Waals surface area contributed by atoms with E-state index in [0.717, 1.165) is 22.9 Å². The normalized spacial score (nSPS) is 14.8. The van der Waals surface area contributed by atoms with Gasteiger partial charge in [0.05, 0.1) is 0 Å². The van der Waals surface area contributed by atoms with Gasteiger partial charge >= 0.3 is 7.12 Å². The summed E-state index contributed by atoms with van der Waals surface area (Å²) in [6, 6.07) is 5.53. The van der Waals surface area contributed by atoms with Crippen molar-refractivity contribution in [3.8, 4) is 0 Å². The molecule has 0 unspecified atom stereocenters. The predicted octanol–water partition coefficient (Wildman–Crippen LogP) is 1.86. The number of halogens is 1. The zero-order valence-corrected chi connectivity index (χ0v) is 10.3. The van der Waals surface area contributed by atoms with Crippen molar-refractivity contribution in [1.82, 2.24) is 0 Å². The Morgan fingerprint density at radius 1 is 1.19 bits per heavy atom. The highest BCUT2D eigenvalue weighted by molar-refractivity contribution is 9.10. The van der Waals surface area contributed by atoms with Crippen molar-refractivity contribution in [2.75, 3.05) is 0 Å². The first-order valence-corrected chi connectivity index (χ1v) is 5.99. The fourth-order valence-electron chi connectivity index (χ4n) is 1.79. The predicted molar refractivity (Wildman–Crippen MR) is 70.3 cm³/mol. The van der Waals surface area contributed by atoms with E-state index in [1.165, 1.54) is 5.57 Å². The van der Waals surface area contributed by atoms with E-state index < -0.39 is 7.12 Å². The summed E-state index contributed by atoms with van der Waals surface area (Å²) in [7, 11) is -1.42. The summed E-state index contributed by atoms with van der Waals surface area (Å²) in [5.41, 5.74) is 2.78. The van der Waals surface area contributed by atoms with Gasteiger partial charge in [0, 0.05) is 4.47 Å². The number of hydrogen-bond donors (Lipinski definition) is 2. The molecule has 82 valence electrons. The maximum absolute atomic E-state index is 9.17. The van der Waals surface area contributed by atoms with Crippen LogP contribution in [-0.2, 0) is 0 Å². The molecule has 1 aliphatic carbocycles. The molecule has 16 heavy (non-hydrogen) atoms. The summed E-state index contributed by atoms with van der Waals surface area (Å²) in [6.07, 6.45) is 8.26. The van der Waals surface area contributed by atoms with Crippen molar-refractivity contribution in [3.05, 3.63) is 46.5 Å². The lowest BCUT2D eigenvalue weighted by Gasteiger charge is -2.11. The summed E-state index contributed by atoms with van der Waals surface area (Å²) in [5.74, 6) is 0. The van der Waals surface area contributed by atoms with Gasteiger partial charge < -0.3 is 10.0 Å². The van der Waals surface area contributed by atoms with Crippen molar-refractivity contribution in [2.24, 2.45) is 0 Å². The largest absolute Gasteiger partial charge is 0.488 e. The van der Waals surface area contributed by atoms with Crippen LogP contribution < -0.4 is 5.46 Å². The summed E-state index contributed by atoms with van der Waals surface area (Å²) in [5, 5.41) is 18.3. The van der Waals surface area contributed by atoms with Crippen molar-refractivity contribution in [3.63, 3.8) is 0 Å². The molecule has 0 spiro atoms. The lowest BCUT2D eigenvalue weighted by Crippen LogP contribution is -2.30. The minimum absolute atomic E-state index is 0.514. The summed E-state index contributed by atoms with van der Waals surface area (Å²) in [4.78, 5) is 0. The Hall–Kier alpha value is -0.835. The van der Waals surface area contributed by atoms with Gasteiger partial charge in [0.15, 0.2) is 0 Å². The molecular formula is C12H12BBrO2. The van der Waals surface area contributed by atoms with E-state index in [4.69, 9.17) is 0 Å². The first-order chi connectivity index (χ1) is 7.66. The molecule has 1 aromatic carbocycles. The second kappa shape index (κ2) is 5.00. The average Bonchev–Trinajstić information content (AvgIpc) is 2.29. The van der Waals surface area contributed by atoms with Crippen LogP contribution in [0.1, 0.15) is 18.4 Å². The van der Waals surface area contributed by atoms with Gasteiger partial charge in [-0.15, -0.1) is 0 Å². The second-order valence-electron chi connectivity index (χ2n) is 3.81. The molecule has 0 atom stereocenters. The molecule has 2 rings (SSSR count). The minimum atomic E-state index is -1.42. The lowest BCUT2D eigenvalue weighted by atomic mass is 9.78. The molecule has 0 bridgehead atoms. The molecule has 1 aromatic rings. The Bertz CT molecular complexity index is 452. The number of allylic oxidation sites excluding steroid dienone is 4. The Morgan fingerprint density at radius 3 is 2.62 bits per heavy atom. The van der Waals surface area contributed by atoms with Crippen LogP contribution in [0.25, 0.3) is 5.57 Å². The van der Waals surface area contributed by atoms with Crippen LogP contribution in [0.5, 0.6) is 0 Å². The topological polar surface area (TPSA) is 40.5 Å². The van der Waals surface area contributed by atoms with Crippen molar-refractivity contribution < 1.29 is 10.0 Å². The van der Waals surface area contributed by atoms with Crippen LogP contribution in [0.15, 0.2) is 40.9 Å². The molecule has 0 saturated carbocycles. The van der Waals surface area contributed by atoms with Gasteiger partial charge in [0.1, 0.15) is 0 Å². The van der Waals surface area contributed by atoms with Crippen LogP contribution in [0, 0.1) is 0 Å². The van der Waals surface area contributed by atoms with Crippen LogP contribution in [0.2, 0.25) is 0 Å². The van der Waals surface area contributed by atoms with Gasteiger partial charge in [0.2, 0.25) is 0 Å². The first-order valence-electron chi connectivity index (χ1n) is 5.19. The standard InChI is InChI=1S/C12H12BBrO2/c14-12-7-10(6-11(8-12)13(15)16)9-4-2-1-3-5-9/h1-2,4,6-8,15-16H,3,5H2. The van der Waals surface area contributed by atoms with E-state index in [0.29, 0.717) is 5.46 Å². The number of rotatable bonds is 2. The van der Waals surface area contributed by atoms with Gasteiger partial charge in [-0.3, -0.25) is 0 Å². The van der Waals surface area contributed by atoms with Crippen LogP contribution >= 0.6 is 15.9 Å². The van der Waals surface area contributed by atoms with Crippen LogP contribution in [0.3, 0.4) is 0 Å². The SMILES string of the molecule is OB(O)c1cc(Br)cc(C2=CC=CCC2)c1. The smallest absolute Gasteiger partial charge is 0.423 e. The monoisotopic (exact) mass is 278 g/mol. The number of benzene rings is 1. The summed E-state index contributed by atoms with van der Waals surface area (Å²) in [6.45, 7) is 0.